The number of carbonyl (C=O) groups is 1. The Bertz CT molecular complexity index is 971. The van der Waals surface area contributed by atoms with Gasteiger partial charge in [-0.15, -0.1) is 0 Å². The number of aliphatic hydroxyl groups is 1. The van der Waals surface area contributed by atoms with Crippen LogP contribution in [0.25, 0.3) is 0 Å². The molecule has 8 nitrogen and oxygen atoms in total. The second-order valence-electron chi connectivity index (χ2n) is 8.32. The maximum absolute atomic E-state index is 12.6. The third-order valence-corrected chi connectivity index (χ3v) is 5.26. The summed E-state index contributed by atoms with van der Waals surface area (Å²) in [7, 11) is 0. The summed E-state index contributed by atoms with van der Waals surface area (Å²) in [6.07, 6.45) is -0.889. The molecule has 3 rings (SSSR count). The minimum absolute atomic E-state index is 0.0430. The van der Waals surface area contributed by atoms with Gasteiger partial charge < -0.3 is 19.9 Å². The Balaban J connectivity index is 1.95. The Kier molecular flexibility index (Phi) is 6.62. The van der Waals surface area contributed by atoms with Crippen molar-refractivity contribution in [1.29, 1.82) is 0 Å². The van der Waals surface area contributed by atoms with Crippen LogP contribution in [0.1, 0.15) is 50.0 Å². The standard InChI is InChI=1S/C23H28N2O6/c1-5-10-30-21-16-12-17(24-20(26)11-15-8-6-14(2)7-9-15)18(25(28)29)13-19(16)31-23(3,4)22(21)27/h6-9,12-13,21-22,27H,5,10-11H2,1-4H3,(H,24,26)/t21-,22+/m0/s1. The van der Waals surface area contributed by atoms with E-state index < -0.39 is 22.7 Å². The zero-order valence-corrected chi connectivity index (χ0v) is 18.2. The van der Waals surface area contributed by atoms with Crippen LogP contribution in [0.3, 0.4) is 0 Å². The van der Waals surface area contributed by atoms with Gasteiger partial charge in [-0.05, 0) is 38.8 Å². The maximum atomic E-state index is 12.6. The van der Waals surface area contributed by atoms with Crippen molar-refractivity contribution < 1.29 is 24.3 Å². The fraction of sp³-hybridized carbons (Fsp3) is 0.435. The van der Waals surface area contributed by atoms with Crippen LogP contribution in [0, 0.1) is 17.0 Å². The minimum Gasteiger partial charge on any atom is -0.484 e. The number of ether oxygens (including phenoxy) is 2. The van der Waals surface area contributed by atoms with Gasteiger partial charge in [-0.2, -0.15) is 0 Å². The Hall–Kier alpha value is -2.97. The number of fused-ring (bicyclic) bond motifs is 1. The van der Waals surface area contributed by atoms with Crippen molar-refractivity contribution in [3.8, 4) is 5.75 Å². The Labute approximate surface area is 181 Å². The molecule has 31 heavy (non-hydrogen) atoms. The van der Waals surface area contributed by atoms with Crippen molar-refractivity contribution in [2.45, 2.75) is 58.3 Å². The number of nitro groups is 1. The summed E-state index contributed by atoms with van der Waals surface area (Å²) in [6, 6.07) is 10.3. The van der Waals surface area contributed by atoms with Crippen molar-refractivity contribution in [2.75, 3.05) is 11.9 Å². The number of aryl methyl sites for hydroxylation is 1. The quantitative estimate of drug-likeness (QED) is 0.508. The zero-order chi connectivity index (χ0) is 22.8. The lowest BCUT2D eigenvalue weighted by molar-refractivity contribution is -0.384. The molecular weight excluding hydrogens is 400 g/mol. The number of hydrogen-bond donors (Lipinski definition) is 2. The molecule has 0 fully saturated rings. The summed E-state index contributed by atoms with van der Waals surface area (Å²) in [5.74, 6) is -0.116. The lowest BCUT2D eigenvalue weighted by Crippen LogP contribution is -2.49. The summed E-state index contributed by atoms with van der Waals surface area (Å²) in [6.45, 7) is 7.71. The van der Waals surface area contributed by atoms with Gasteiger partial charge in [0.15, 0.2) is 0 Å². The summed E-state index contributed by atoms with van der Waals surface area (Å²) in [5.41, 5.74) is 1.12. The molecule has 2 aromatic carbocycles. The second-order valence-corrected chi connectivity index (χ2v) is 8.32. The highest BCUT2D eigenvalue weighted by atomic mass is 16.6. The molecule has 0 aromatic heterocycles. The third-order valence-electron chi connectivity index (χ3n) is 5.26. The van der Waals surface area contributed by atoms with Crippen LogP contribution in [0.5, 0.6) is 5.75 Å². The van der Waals surface area contributed by atoms with Crippen LogP contribution < -0.4 is 10.1 Å². The van der Waals surface area contributed by atoms with Crippen molar-refractivity contribution in [2.24, 2.45) is 0 Å². The van der Waals surface area contributed by atoms with Crippen LogP contribution >= 0.6 is 0 Å². The smallest absolute Gasteiger partial charge is 0.296 e. The van der Waals surface area contributed by atoms with E-state index >= 15 is 0 Å². The summed E-state index contributed by atoms with van der Waals surface area (Å²) in [4.78, 5) is 23.7. The number of carbonyl (C=O) groups excluding carboxylic acids is 1. The Morgan fingerprint density at radius 2 is 1.97 bits per heavy atom. The highest BCUT2D eigenvalue weighted by molar-refractivity contribution is 5.94. The monoisotopic (exact) mass is 428 g/mol. The van der Waals surface area contributed by atoms with Gasteiger partial charge in [-0.1, -0.05) is 36.8 Å². The number of nitro benzene ring substituents is 1. The van der Waals surface area contributed by atoms with E-state index in [0.29, 0.717) is 12.2 Å². The molecule has 0 bridgehead atoms. The molecule has 8 heteroatoms. The molecule has 2 N–H and O–H groups in total. The highest BCUT2D eigenvalue weighted by Gasteiger charge is 2.44. The molecule has 2 atom stereocenters. The predicted octanol–water partition coefficient (Wildman–Crippen LogP) is 4.08. The van der Waals surface area contributed by atoms with E-state index in [1.165, 1.54) is 12.1 Å². The number of benzene rings is 2. The normalized spacial score (nSPS) is 19.3. The van der Waals surface area contributed by atoms with Gasteiger partial charge in [-0.25, -0.2) is 0 Å². The first-order valence-corrected chi connectivity index (χ1v) is 10.3. The maximum Gasteiger partial charge on any atom is 0.296 e. The summed E-state index contributed by atoms with van der Waals surface area (Å²) in [5, 5.41) is 25.1. The molecule has 0 saturated heterocycles. The molecule has 166 valence electrons. The molecule has 1 aliphatic rings. The minimum atomic E-state index is -0.991. The lowest BCUT2D eigenvalue weighted by atomic mass is 9.88. The van der Waals surface area contributed by atoms with E-state index in [-0.39, 0.29) is 29.5 Å². The second kappa shape index (κ2) is 9.03. The van der Waals surface area contributed by atoms with Crippen LogP contribution in [-0.4, -0.2) is 34.2 Å². The SMILES string of the molecule is CCCO[C@H]1c2cc(NC(=O)Cc3ccc(C)cc3)c([N+](=O)[O-])cc2OC(C)(C)[C@@H]1O. The Morgan fingerprint density at radius 3 is 2.58 bits per heavy atom. The van der Waals surface area contributed by atoms with E-state index in [1.54, 1.807) is 13.8 Å². The number of anilines is 1. The van der Waals surface area contributed by atoms with Crippen molar-refractivity contribution in [1.82, 2.24) is 0 Å². The van der Waals surface area contributed by atoms with Gasteiger partial charge in [-0.3, -0.25) is 14.9 Å². The number of rotatable bonds is 7. The van der Waals surface area contributed by atoms with Crippen molar-refractivity contribution >= 4 is 17.3 Å². The molecule has 0 spiro atoms. The van der Waals surface area contributed by atoms with Gasteiger partial charge in [0.25, 0.3) is 5.69 Å². The largest absolute Gasteiger partial charge is 0.484 e. The first-order valence-electron chi connectivity index (χ1n) is 10.3. The van der Waals surface area contributed by atoms with Gasteiger partial charge >= 0.3 is 0 Å². The van der Waals surface area contributed by atoms with Crippen LogP contribution in [-0.2, 0) is 16.0 Å². The average molecular weight is 428 g/mol. The molecule has 2 aromatic rings. The highest BCUT2D eigenvalue weighted by Crippen LogP contribution is 2.45. The topological polar surface area (TPSA) is 111 Å². The lowest BCUT2D eigenvalue weighted by Gasteiger charge is -2.41. The fourth-order valence-electron chi connectivity index (χ4n) is 3.54. The van der Waals surface area contributed by atoms with Crippen molar-refractivity contribution in [3.63, 3.8) is 0 Å². The zero-order valence-electron chi connectivity index (χ0n) is 18.2. The summed E-state index contributed by atoms with van der Waals surface area (Å²) < 4.78 is 11.7. The fourth-order valence-corrected chi connectivity index (χ4v) is 3.54. The summed E-state index contributed by atoms with van der Waals surface area (Å²) >= 11 is 0. The molecule has 0 radical (unpaired) electrons. The Morgan fingerprint density at radius 1 is 1.29 bits per heavy atom. The first kappa shape index (κ1) is 22.7. The number of hydrogen-bond acceptors (Lipinski definition) is 6. The van der Waals surface area contributed by atoms with Crippen molar-refractivity contribution in [3.05, 3.63) is 63.2 Å². The van der Waals surface area contributed by atoms with E-state index in [0.717, 1.165) is 17.5 Å². The van der Waals surface area contributed by atoms with Gasteiger partial charge in [0.2, 0.25) is 5.91 Å². The molecule has 0 aliphatic carbocycles. The predicted molar refractivity (Wildman–Crippen MR) is 116 cm³/mol. The third kappa shape index (κ3) is 5.03. The average Bonchev–Trinajstić information content (AvgIpc) is 2.70. The molecule has 1 aliphatic heterocycles. The number of nitrogens with zero attached hydrogens (tertiary/aromatic N) is 1. The number of nitrogens with one attached hydrogen (secondary N) is 1. The van der Waals surface area contributed by atoms with Crippen LogP contribution in [0.2, 0.25) is 0 Å². The van der Waals surface area contributed by atoms with Gasteiger partial charge in [0, 0.05) is 12.2 Å². The van der Waals surface area contributed by atoms with E-state index in [1.807, 2.05) is 38.1 Å². The molecule has 0 unspecified atom stereocenters. The van der Waals surface area contributed by atoms with Crippen LogP contribution in [0.15, 0.2) is 36.4 Å². The number of aliphatic hydroxyl groups excluding tert-OH is 1. The molecule has 0 saturated carbocycles. The molecule has 1 heterocycles. The number of amides is 1. The van der Waals surface area contributed by atoms with Crippen LogP contribution in [0.4, 0.5) is 11.4 Å². The van der Waals surface area contributed by atoms with E-state index in [9.17, 15) is 20.0 Å². The van der Waals surface area contributed by atoms with E-state index in [2.05, 4.69) is 5.32 Å². The molecule has 1 amide bonds. The van der Waals surface area contributed by atoms with E-state index in [4.69, 9.17) is 9.47 Å². The first-order chi connectivity index (χ1) is 14.6. The van der Waals surface area contributed by atoms with Gasteiger partial charge in [0.1, 0.15) is 29.2 Å². The molecular formula is C23H28N2O6. The van der Waals surface area contributed by atoms with Gasteiger partial charge in [0.05, 0.1) is 17.4 Å².